The number of hydrogen-bond donors (Lipinski definition) is 1. The van der Waals surface area contributed by atoms with Crippen LogP contribution in [0.2, 0.25) is 5.02 Å². The summed E-state index contributed by atoms with van der Waals surface area (Å²) in [5.74, 6) is 0. The summed E-state index contributed by atoms with van der Waals surface area (Å²) >= 11 is 9.82. The molecule has 1 aliphatic carbocycles. The van der Waals surface area contributed by atoms with Crippen LogP contribution in [0.4, 0.5) is 0 Å². The Labute approximate surface area is 150 Å². The Hall–Kier alpha value is -0.940. The number of piperazine rings is 1. The lowest BCUT2D eigenvalue weighted by Gasteiger charge is -2.35. The Kier molecular flexibility index (Phi) is 4.41. The van der Waals surface area contributed by atoms with Gasteiger partial charge in [0.1, 0.15) is 0 Å². The third-order valence-electron chi connectivity index (χ3n) is 4.81. The third kappa shape index (κ3) is 3.05. The van der Waals surface area contributed by atoms with E-state index in [0.29, 0.717) is 0 Å². The quantitative estimate of drug-likeness (QED) is 0.804. The van der Waals surface area contributed by atoms with E-state index < -0.39 is 0 Å². The van der Waals surface area contributed by atoms with Crippen molar-refractivity contribution in [2.75, 3.05) is 26.2 Å². The highest BCUT2D eigenvalue weighted by atomic mass is 79.9. The van der Waals surface area contributed by atoms with E-state index in [1.165, 1.54) is 22.4 Å². The standard InChI is InChI=1S/C18H19BrClN3/c19-14-9-13-2-1-12-10-15(20)3-4-16(12)18(17(13)22-11-14)23-7-5-21-6-8-23/h3-4,9-11,18,21H,1-2,5-8H2. The van der Waals surface area contributed by atoms with Crippen LogP contribution in [-0.2, 0) is 12.8 Å². The molecular formula is C18H19BrClN3. The molecule has 1 N–H and O–H groups in total. The van der Waals surface area contributed by atoms with Crippen molar-refractivity contribution in [1.29, 1.82) is 0 Å². The molecule has 1 saturated heterocycles. The number of pyridine rings is 1. The number of nitrogens with zero attached hydrogens (tertiary/aromatic N) is 2. The van der Waals surface area contributed by atoms with Crippen molar-refractivity contribution in [2.24, 2.45) is 0 Å². The second-order valence-corrected chi connectivity index (χ2v) is 7.58. The van der Waals surface area contributed by atoms with Gasteiger partial charge < -0.3 is 5.32 Å². The van der Waals surface area contributed by atoms with Gasteiger partial charge in [-0.05, 0) is 63.7 Å². The number of aryl methyl sites for hydroxylation is 2. The normalized spacial score (nSPS) is 21.4. The number of benzene rings is 1. The monoisotopic (exact) mass is 391 g/mol. The van der Waals surface area contributed by atoms with Gasteiger partial charge in [0.05, 0.1) is 11.7 Å². The van der Waals surface area contributed by atoms with E-state index in [9.17, 15) is 0 Å². The summed E-state index contributed by atoms with van der Waals surface area (Å²) in [4.78, 5) is 7.36. The van der Waals surface area contributed by atoms with E-state index >= 15 is 0 Å². The molecular weight excluding hydrogens is 374 g/mol. The second kappa shape index (κ2) is 6.52. The van der Waals surface area contributed by atoms with Crippen molar-refractivity contribution in [3.05, 3.63) is 62.3 Å². The molecule has 0 bridgehead atoms. The van der Waals surface area contributed by atoms with Gasteiger partial charge >= 0.3 is 0 Å². The average Bonchev–Trinajstić information content (AvgIpc) is 2.72. The zero-order chi connectivity index (χ0) is 15.8. The van der Waals surface area contributed by atoms with Crippen molar-refractivity contribution >= 4 is 27.5 Å². The summed E-state index contributed by atoms with van der Waals surface area (Å²) in [6.07, 6.45) is 3.95. The predicted molar refractivity (Wildman–Crippen MR) is 97.1 cm³/mol. The molecule has 4 rings (SSSR count). The highest BCUT2D eigenvalue weighted by Gasteiger charge is 2.30. The third-order valence-corrected chi connectivity index (χ3v) is 5.48. The molecule has 0 spiro atoms. The minimum absolute atomic E-state index is 0.231. The lowest BCUT2D eigenvalue weighted by Crippen LogP contribution is -2.45. The van der Waals surface area contributed by atoms with Crippen molar-refractivity contribution in [2.45, 2.75) is 18.9 Å². The lowest BCUT2D eigenvalue weighted by molar-refractivity contribution is 0.195. The van der Waals surface area contributed by atoms with E-state index in [1.807, 2.05) is 12.3 Å². The number of rotatable bonds is 1. The van der Waals surface area contributed by atoms with Crippen LogP contribution < -0.4 is 5.32 Å². The van der Waals surface area contributed by atoms with Gasteiger partial charge in [-0.2, -0.15) is 0 Å². The largest absolute Gasteiger partial charge is 0.314 e. The first-order valence-electron chi connectivity index (χ1n) is 8.10. The van der Waals surface area contributed by atoms with Crippen LogP contribution in [0.3, 0.4) is 0 Å². The van der Waals surface area contributed by atoms with E-state index in [1.54, 1.807) is 0 Å². The van der Waals surface area contributed by atoms with Gasteiger partial charge in [0.2, 0.25) is 0 Å². The maximum Gasteiger partial charge on any atom is 0.0782 e. The molecule has 1 aliphatic heterocycles. The Morgan fingerprint density at radius 3 is 2.74 bits per heavy atom. The molecule has 120 valence electrons. The summed E-state index contributed by atoms with van der Waals surface area (Å²) < 4.78 is 1.05. The molecule has 1 atom stereocenters. The van der Waals surface area contributed by atoms with Gasteiger partial charge in [0.25, 0.3) is 0 Å². The van der Waals surface area contributed by atoms with Gasteiger partial charge in [0.15, 0.2) is 0 Å². The molecule has 1 aromatic carbocycles. The van der Waals surface area contributed by atoms with Crippen LogP contribution >= 0.6 is 27.5 Å². The zero-order valence-corrected chi connectivity index (χ0v) is 15.2. The van der Waals surface area contributed by atoms with Crippen molar-refractivity contribution in [1.82, 2.24) is 15.2 Å². The van der Waals surface area contributed by atoms with Crippen molar-refractivity contribution in [3.63, 3.8) is 0 Å². The summed E-state index contributed by atoms with van der Waals surface area (Å²) in [7, 11) is 0. The van der Waals surface area contributed by atoms with Crippen LogP contribution in [0.15, 0.2) is 34.9 Å². The van der Waals surface area contributed by atoms with E-state index in [-0.39, 0.29) is 6.04 Å². The van der Waals surface area contributed by atoms with Crippen molar-refractivity contribution in [3.8, 4) is 0 Å². The average molecular weight is 393 g/mol. The maximum atomic E-state index is 6.25. The first-order valence-corrected chi connectivity index (χ1v) is 9.27. The molecule has 2 aromatic rings. The van der Waals surface area contributed by atoms with Gasteiger partial charge in [-0.15, -0.1) is 0 Å². The van der Waals surface area contributed by atoms with Gasteiger partial charge in [-0.25, -0.2) is 0 Å². The maximum absolute atomic E-state index is 6.25. The summed E-state index contributed by atoms with van der Waals surface area (Å²) in [5.41, 5.74) is 5.27. The van der Waals surface area contributed by atoms with Gasteiger partial charge in [-0.3, -0.25) is 9.88 Å². The topological polar surface area (TPSA) is 28.2 Å². The Balaban J connectivity index is 1.86. The fourth-order valence-corrected chi connectivity index (χ4v) is 4.30. The van der Waals surface area contributed by atoms with Crippen LogP contribution in [0.5, 0.6) is 0 Å². The molecule has 0 radical (unpaired) electrons. The van der Waals surface area contributed by atoms with E-state index in [0.717, 1.165) is 48.5 Å². The smallest absolute Gasteiger partial charge is 0.0782 e. The summed E-state index contributed by atoms with van der Waals surface area (Å²) in [5, 5.41) is 4.27. The molecule has 2 aliphatic rings. The highest BCUT2D eigenvalue weighted by molar-refractivity contribution is 9.10. The number of aromatic nitrogens is 1. The fourth-order valence-electron chi connectivity index (χ4n) is 3.72. The lowest BCUT2D eigenvalue weighted by atomic mass is 9.96. The minimum Gasteiger partial charge on any atom is -0.314 e. The molecule has 5 heteroatoms. The summed E-state index contributed by atoms with van der Waals surface area (Å²) in [6.45, 7) is 4.16. The Morgan fingerprint density at radius 1 is 1.13 bits per heavy atom. The second-order valence-electron chi connectivity index (χ2n) is 6.23. The fraction of sp³-hybridized carbons (Fsp3) is 0.389. The number of halogens is 2. The molecule has 23 heavy (non-hydrogen) atoms. The van der Waals surface area contributed by atoms with Crippen LogP contribution in [0.1, 0.15) is 28.4 Å². The first kappa shape index (κ1) is 15.6. The van der Waals surface area contributed by atoms with Crippen LogP contribution in [0.25, 0.3) is 0 Å². The molecule has 3 nitrogen and oxygen atoms in total. The van der Waals surface area contributed by atoms with Crippen LogP contribution in [-0.4, -0.2) is 36.1 Å². The first-order chi connectivity index (χ1) is 11.2. The van der Waals surface area contributed by atoms with Crippen LogP contribution in [0, 0.1) is 0 Å². The zero-order valence-electron chi connectivity index (χ0n) is 12.9. The van der Waals surface area contributed by atoms with Crippen molar-refractivity contribution < 1.29 is 0 Å². The minimum atomic E-state index is 0.231. The Bertz CT molecular complexity index is 675. The van der Waals surface area contributed by atoms with Gasteiger partial charge in [-0.1, -0.05) is 17.7 Å². The van der Waals surface area contributed by atoms with E-state index in [4.69, 9.17) is 16.6 Å². The molecule has 2 heterocycles. The van der Waals surface area contributed by atoms with Gasteiger partial charge in [0, 0.05) is 41.9 Å². The predicted octanol–water partition coefficient (Wildman–Crippen LogP) is 3.59. The molecule has 1 unspecified atom stereocenters. The summed E-state index contributed by atoms with van der Waals surface area (Å²) in [6, 6.07) is 8.80. The Morgan fingerprint density at radius 2 is 1.91 bits per heavy atom. The van der Waals surface area contributed by atoms with E-state index in [2.05, 4.69) is 44.3 Å². The SMILES string of the molecule is Clc1ccc2c(c1)CCc1cc(Br)cnc1C2N1CCNCC1. The molecule has 1 fully saturated rings. The molecule has 0 amide bonds. The number of hydrogen-bond acceptors (Lipinski definition) is 3. The number of fused-ring (bicyclic) bond motifs is 2. The molecule has 0 saturated carbocycles. The highest BCUT2D eigenvalue weighted by Crippen LogP contribution is 2.37. The molecule has 1 aromatic heterocycles. The number of nitrogens with one attached hydrogen (secondary N) is 1.